The molecule has 198 valence electrons. The molecule has 1 aliphatic rings. The first-order valence-electron chi connectivity index (χ1n) is 12.7. The number of aryl methyl sites for hydroxylation is 1. The Morgan fingerprint density at radius 2 is 2.00 bits per heavy atom. The highest BCUT2D eigenvalue weighted by atomic mass is 19.1. The Labute approximate surface area is 221 Å². The number of aromatic nitrogens is 3. The summed E-state index contributed by atoms with van der Waals surface area (Å²) in [5, 5.41) is 6.67. The molecule has 0 aliphatic carbocycles. The van der Waals surface area contributed by atoms with E-state index in [2.05, 4.69) is 25.5 Å². The maximum absolute atomic E-state index is 14.3. The van der Waals surface area contributed by atoms with Gasteiger partial charge in [0.05, 0.1) is 19.0 Å². The topological polar surface area (TPSA) is 87.0 Å². The minimum Gasteiger partial charge on any atom is -0.494 e. The first-order chi connectivity index (χ1) is 18.4. The molecule has 4 aromatic rings. The van der Waals surface area contributed by atoms with Crippen molar-refractivity contribution in [2.24, 2.45) is 0 Å². The lowest BCUT2D eigenvalue weighted by atomic mass is 10.1. The van der Waals surface area contributed by atoms with Gasteiger partial charge in [0.25, 0.3) is 5.91 Å². The van der Waals surface area contributed by atoms with E-state index in [1.54, 1.807) is 35.6 Å². The van der Waals surface area contributed by atoms with Gasteiger partial charge in [-0.1, -0.05) is 0 Å². The fourth-order valence-electron chi connectivity index (χ4n) is 4.70. The number of methoxy groups -OCH3 is 1. The standard InChI is InChI=1S/C28H32FN7O2/c1-19-16-21(5-6-22(19)28(37)34(2)14-15-35-11-8-30-9-12-35)33-26-27-32-18-24(36(27)13-10-31-26)20-4-7-25(38-3)23(29)17-20/h4-7,10,13,16-18,30H,8-9,11-12,14-15H2,1-3H3,(H,31,33). The second kappa shape index (κ2) is 11.2. The van der Waals surface area contributed by atoms with Gasteiger partial charge >= 0.3 is 0 Å². The third-order valence-electron chi connectivity index (χ3n) is 6.90. The molecular weight excluding hydrogens is 485 g/mol. The molecule has 2 aromatic heterocycles. The van der Waals surface area contributed by atoms with Gasteiger partial charge < -0.3 is 20.3 Å². The summed E-state index contributed by atoms with van der Waals surface area (Å²) >= 11 is 0. The number of nitrogens with zero attached hydrogens (tertiary/aromatic N) is 5. The van der Waals surface area contributed by atoms with E-state index in [-0.39, 0.29) is 11.7 Å². The summed E-state index contributed by atoms with van der Waals surface area (Å²) in [6, 6.07) is 10.5. The molecule has 38 heavy (non-hydrogen) atoms. The lowest BCUT2D eigenvalue weighted by molar-refractivity contribution is 0.0774. The van der Waals surface area contributed by atoms with Gasteiger partial charge in [-0.05, 0) is 48.9 Å². The molecule has 3 heterocycles. The third kappa shape index (κ3) is 5.32. The normalized spacial score (nSPS) is 14.0. The minimum absolute atomic E-state index is 0.00836. The van der Waals surface area contributed by atoms with Crippen molar-refractivity contribution in [1.82, 2.24) is 29.5 Å². The predicted octanol–water partition coefficient (Wildman–Crippen LogP) is 3.57. The summed E-state index contributed by atoms with van der Waals surface area (Å²) in [4.78, 5) is 26.3. The average Bonchev–Trinajstić information content (AvgIpc) is 3.37. The van der Waals surface area contributed by atoms with Crippen molar-refractivity contribution in [2.45, 2.75) is 6.92 Å². The Morgan fingerprint density at radius 1 is 1.18 bits per heavy atom. The van der Waals surface area contributed by atoms with Gasteiger partial charge in [0, 0.05) is 75.5 Å². The summed E-state index contributed by atoms with van der Waals surface area (Å²) in [6.45, 7) is 7.50. The van der Waals surface area contributed by atoms with Crippen LogP contribution in [0.2, 0.25) is 0 Å². The molecule has 1 fully saturated rings. The average molecular weight is 518 g/mol. The molecule has 0 saturated carbocycles. The van der Waals surface area contributed by atoms with Crippen molar-refractivity contribution in [3.8, 4) is 17.0 Å². The Morgan fingerprint density at radius 3 is 2.74 bits per heavy atom. The van der Waals surface area contributed by atoms with Crippen molar-refractivity contribution >= 4 is 23.1 Å². The molecular formula is C28H32FN7O2. The second-order valence-electron chi connectivity index (χ2n) is 9.44. The Hall–Kier alpha value is -4.02. The molecule has 0 spiro atoms. The van der Waals surface area contributed by atoms with E-state index in [0.29, 0.717) is 29.1 Å². The molecule has 0 radical (unpaired) electrons. The van der Waals surface area contributed by atoms with Crippen molar-refractivity contribution < 1.29 is 13.9 Å². The Balaban J connectivity index is 1.31. The predicted molar refractivity (Wildman–Crippen MR) is 146 cm³/mol. The van der Waals surface area contributed by atoms with Gasteiger partial charge in [-0.25, -0.2) is 14.4 Å². The molecule has 1 aliphatic heterocycles. The van der Waals surface area contributed by atoms with E-state index in [1.807, 2.05) is 36.6 Å². The van der Waals surface area contributed by atoms with E-state index in [0.717, 1.165) is 49.7 Å². The van der Waals surface area contributed by atoms with Crippen LogP contribution in [0.5, 0.6) is 5.75 Å². The number of halogens is 1. The third-order valence-corrected chi connectivity index (χ3v) is 6.90. The van der Waals surface area contributed by atoms with Crippen LogP contribution in [0.4, 0.5) is 15.9 Å². The number of hydrogen-bond acceptors (Lipinski definition) is 7. The highest BCUT2D eigenvalue weighted by molar-refractivity contribution is 5.96. The van der Waals surface area contributed by atoms with Crippen molar-refractivity contribution in [2.75, 3.05) is 58.7 Å². The van der Waals surface area contributed by atoms with Crippen molar-refractivity contribution in [3.05, 3.63) is 71.9 Å². The number of rotatable bonds is 8. The van der Waals surface area contributed by atoms with Gasteiger partial charge in [0.1, 0.15) is 0 Å². The van der Waals surface area contributed by atoms with Gasteiger partial charge in [-0.2, -0.15) is 0 Å². The number of ether oxygens (including phenoxy) is 1. The summed E-state index contributed by atoms with van der Waals surface area (Å²) in [7, 11) is 3.29. The van der Waals surface area contributed by atoms with Crippen molar-refractivity contribution in [3.63, 3.8) is 0 Å². The summed E-state index contributed by atoms with van der Waals surface area (Å²) in [5.41, 5.74) is 4.35. The number of carbonyl (C=O) groups is 1. The zero-order valence-corrected chi connectivity index (χ0v) is 21.9. The van der Waals surface area contributed by atoms with Gasteiger partial charge in [-0.3, -0.25) is 14.1 Å². The molecule has 1 saturated heterocycles. The van der Waals surface area contributed by atoms with Crippen LogP contribution in [0.25, 0.3) is 16.9 Å². The summed E-state index contributed by atoms with van der Waals surface area (Å²) in [6.07, 6.45) is 5.14. The number of benzene rings is 2. The Kier molecular flexibility index (Phi) is 7.52. The zero-order valence-electron chi connectivity index (χ0n) is 21.9. The molecule has 0 atom stereocenters. The Bertz CT molecular complexity index is 1450. The van der Waals surface area contributed by atoms with Crippen molar-refractivity contribution in [1.29, 1.82) is 0 Å². The molecule has 0 unspecified atom stereocenters. The highest BCUT2D eigenvalue weighted by Crippen LogP contribution is 2.29. The lowest BCUT2D eigenvalue weighted by Gasteiger charge is -2.29. The zero-order chi connectivity index (χ0) is 26.6. The smallest absolute Gasteiger partial charge is 0.253 e. The molecule has 1 amide bonds. The SMILES string of the molecule is COc1ccc(-c2cnc3c(Nc4ccc(C(=O)N(C)CCN5CCNCC5)c(C)c4)nccn23)cc1F. The quantitative estimate of drug-likeness (QED) is 0.370. The van der Waals surface area contributed by atoms with Crippen LogP contribution >= 0.6 is 0 Å². The number of anilines is 2. The van der Waals surface area contributed by atoms with Crippen LogP contribution in [0, 0.1) is 12.7 Å². The van der Waals surface area contributed by atoms with Gasteiger partial charge in [0.2, 0.25) is 0 Å². The number of nitrogens with one attached hydrogen (secondary N) is 2. The highest BCUT2D eigenvalue weighted by Gasteiger charge is 2.18. The van der Waals surface area contributed by atoms with Crippen LogP contribution in [0.1, 0.15) is 15.9 Å². The lowest BCUT2D eigenvalue weighted by Crippen LogP contribution is -2.46. The molecule has 10 heteroatoms. The number of piperazine rings is 1. The summed E-state index contributed by atoms with van der Waals surface area (Å²) in [5.74, 6) is 0.315. The maximum atomic E-state index is 14.3. The summed E-state index contributed by atoms with van der Waals surface area (Å²) < 4.78 is 21.2. The largest absolute Gasteiger partial charge is 0.494 e. The first-order valence-corrected chi connectivity index (χ1v) is 12.7. The maximum Gasteiger partial charge on any atom is 0.253 e. The fourth-order valence-corrected chi connectivity index (χ4v) is 4.70. The van der Waals surface area contributed by atoms with Gasteiger partial charge in [0.15, 0.2) is 23.0 Å². The number of fused-ring (bicyclic) bond motifs is 1. The van der Waals surface area contributed by atoms with Gasteiger partial charge in [-0.15, -0.1) is 0 Å². The first kappa shape index (κ1) is 25.6. The van der Waals surface area contributed by atoms with E-state index in [1.165, 1.54) is 13.2 Å². The molecule has 0 bridgehead atoms. The van der Waals surface area contributed by atoms with E-state index in [4.69, 9.17) is 4.74 Å². The number of amides is 1. The van der Waals surface area contributed by atoms with E-state index < -0.39 is 5.82 Å². The van der Waals surface area contributed by atoms with Crippen LogP contribution in [0.15, 0.2) is 55.0 Å². The van der Waals surface area contributed by atoms with Crippen LogP contribution < -0.4 is 15.4 Å². The number of likely N-dealkylation sites (N-methyl/N-ethyl adjacent to an activating group) is 1. The number of carbonyl (C=O) groups excluding carboxylic acids is 1. The number of imidazole rings is 1. The second-order valence-corrected chi connectivity index (χ2v) is 9.44. The molecule has 9 nitrogen and oxygen atoms in total. The van der Waals surface area contributed by atoms with E-state index >= 15 is 0 Å². The number of hydrogen-bond donors (Lipinski definition) is 2. The fraction of sp³-hybridized carbons (Fsp3) is 0.321. The van der Waals surface area contributed by atoms with Crippen LogP contribution in [0.3, 0.4) is 0 Å². The molecule has 2 N–H and O–H groups in total. The molecule has 2 aromatic carbocycles. The molecule has 5 rings (SSSR count). The van der Waals surface area contributed by atoms with Crippen LogP contribution in [-0.2, 0) is 0 Å². The monoisotopic (exact) mass is 517 g/mol. The van der Waals surface area contributed by atoms with Crippen LogP contribution in [-0.4, -0.2) is 83.5 Å². The minimum atomic E-state index is -0.438. The van der Waals surface area contributed by atoms with E-state index in [9.17, 15) is 9.18 Å².